The molecule has 0 aliphatic carbocycles. The summed E-state index contributed by atoms with van der Waals surface area (Å²) < 4.78 is 5.16. The van der Waals surface area contributed by atoms with Gasteiger partial charge in [-0.3, -0.25) is 4.79 Å². The zero-order valence-corrected chi connectivity index (χ0v) is 12.4. The van der Waals surface area contributed by atoms with Crippen molar-refractivity contribution in [1.82, 2.24) is 9.88 Å². The van der Waals surface area contributed by atoms with Crippen LogP contribution < -0.4 is 4.90 Å². The predicted octanol–water partition coefficient (Wildman–Crippen LogP) is 2.32. The highest BCUT2D eigenvalue weighted by Crippen LogP contribution is 2.26. The normalized spacial score (nSPS) is 15.7. The molecular formula is C14H17N3O2S. The number of aromatic nitrogens is 1. The van der Waals surface area contributed by atoms with E-state index in [0.29, 0.717) is 18.8 Å². The second-order valence-electron chi connectivity index (χ2n) is 4.89. The molecule has 1 fully saturated rings. The molecule has 0 unspecified atom stereocenters. The fourth-order valence-corrected chi connectivity index (χ4v) is 3.21. The van der Waals surface area contributed by atoms with Gasteiger partial charge in [-0.05, 0) is 26.0 Å². The number of piperazine rings is 1. The van der Waals surface area contributed by atoms with E-state index in [1.54, 1.807) is 23.5 Å². The monoisotopic (exact) mass is 291 g/mol. The molecule has 3 rings (SSSR count). The van der Waals surface area contributed by atoms with Crippen LogP contribution in [0.3, 0.4) is 0 Å². The number of hydrogen-bond acceptors (Lipinski definition) is 5. The largest absolute Gasteiger partial charge is 0.459 e. The fourth-order valence-electron chi connectivity index (χ4n) is 2.25. The van der Waals surface area contributed by atoms with Gasteiger partial charge in [-0.25, -0.2) is 4.98 Å². The summed E-state index contributed by atoms with van der Waals surface area (Å²) in [6.45, 7) is 7.17. The predicted molar refractivity (Wildman–Crippen MR) is 78.4 cm³/mol. The van der Waals surface area contributed by atoms with Crippen LogP contribution in [0.1, 0.15) is 21.1 Å². The maximum absolute atomic E-state index is 12.2. The van der Waals surface area contributed by atoms with Gasteiger partial charge >= 0.3 is 0 Å². The Bertz CT molecular complexity index is 578. The molecule has 0 saturated carbocycles. The molecule has 0 bridgehead atoms. The van der Waals surface area contributed by atoms with E-state index in [4.69, 9.17) is 4.42 Å². The molecule has 1 amide bonds. The molecule has 0 radical (unpaired) electrons. The van der Waals surface area contributed by atoms with Gasteiger partial charge in [-0.1, -0.05) is 0 Å². The quantitative estimate of drug-likeness (QED) is 0.852. The number of thiazole rings is 1. The van der Waals surface area contributed by atoms with Crippen LogP contribution >= 0.6 is 11.3 Å². The Morgan fingerprint density at radius 3 is 2.60 bits per heavy atom. The number of amides is 1. The third-order valence-corrected chi connectivity index (χ3v) is 4.72. The van der Waals surface area contributed by atoms with Gasteiger partial charge in [0.05, 0.1) is 12.0 Å². The van der Waals surface area contributed by atoms with Gasteiger partial charge in [-0.15, -0.1) is 11.3 Å². The lowest BCUT2D eigenvalue weighted by Crippen LogP contribution is -2.48. The second kappa shape index (κ2) is 5.28. The van der Waals surface area contributed by atoms with Crippen LogP contribution in [0, 0.1) is 13.8 Å². The minimum Gasteiger partial charge on any atom is -0.459 e. The number of furan rings is 1. The molecule has 6 heteroatoms. The van der Waals surface area contributed by atoms with E-state index >= 15 is 0 Å². The molecule has 106 valence electrons. The minimum absolute atomic E-state index is 0.0267. The Kier molecular flexibility index (Phi) is 3.48. The Morgan fingerprint density at radius 1 is 1.30 bits per heavy atom. The van der Waals surface area contributed by atoms with Crippen LogP contribution in [0.15, 0.2) is 22.8 Å². The highest BCUT2D eigenvalue weighted by atomic mass is 32.1. The summed E-state index contributed by atoms with van der Waals surface area (Å²) in [7, 11) is 0. The number of carbonyl (C=O) groups excluding carboxylic acids is 1. The van der Waals surface area contributed by atoms with Gasteiger partial charge in [0, 0.05) is 31.1 Å². The van der Waals surface area contributed by atoms with Crippen molar-refractivity contribution in [1.29, 1.82) is 0 Å². The van der Waals surface area contributed by atoms with Gasteiger partial charge in [0.2, 0.25) is 0 Å². The molecule has 1 aliphatic rings. The van der Waals surface area contributed by atoms with Gasteiger partial charge in [-0.2, -0.15) is 0 Å². The van der Waals surface area contributed by atoms with Crippen molar-refractivity contribution < 1.29 is 9.21 Å². The van der Waals surface area contributed by atoms with Crippen LogP contribution in [0.25, 0.3) is 0 Å². The molecule has 20 heavy (non-hydrogen) atoms. The highest BCUT2D eigenvalue weighted by molar-refractivity contribution is 7.15. The molecule has 0 aromatic carbocycles. The first-order chi connectivity index (χ1) is 9.65. The van der Waals surface area contributed by atoms with Crippen LogP contribution in [0.2, 0.25) is 0 Å². The molecular weight excluding hydrogens is 274 g/mol. The van der Waals surface area contributed by atoms with Gasteiger partial charge in [0.15, 0.2) is 10.9 Å². The minimum atomic E-state index is -0.0267. The summed E-state index contributed by atoms with van der Waals surface area (Å²) in [5, 5.41) is 1.06. The smallest absolute Gasteiger partial charge is 0.289 e. The molecule has 2 aromatic heterocycles. The van der Waals surface area contributed by atoms with Gasteiger partial charge in [0.25, 0.3) is 5.91 Å². The van der Waals surface area contributed by atoms with E-state index in [1.165, 1.54) is 11.1 Å². The summed E-state index contributed by atoms with van der Waals surface area (Å²) in [6, 6.07) is 3.45. The summed E-state index contributed by atoms with van der Waals surface area (Å²) in [5.41, 5.74) is 1.10. The van der Waals surface area contributed by atoms with Gasteiger partial charge < -0.3 is 14.2 Å². The van der Waals surface area contributed by atoms with E-state index in [9.17, 15) is 4.79 Å². The third-order valence-electron chi connectivity index (χ3n) is 3.59. The molecule has 1 saturated heterocycles. The number of anilines is 1. The number of aryl methyl sites for hydroxylation is 2. The van der Waals surface area contributed by atoms with Crippen LogP contribution in [0.5, 0.6) is 0 Å². The Morgan fingerprint density at radius 2 is 2.05 bits per heavy atom. The molecule has 0 N–H and O–H groups in total. The molecule has 2 aromatic rings. The Hall–Kier alpha value is -1.82. The van der Waals surface area contributed by atoms with Crippen LogP contribution in [0.4, 0.5) is 5.13 Å². The standard InChI is InChI=1S/C14H17N3O2S/c1-10-11(2)20-14(15-10)17-7-5-16(6-8-17)13(18)12-4-3-9-19-12/h3-4,9H,5-8H2,1-2H3. The lowest BCUT2D eigenvalue weighted by molar-refractivity contribution is 0.0714. The fraction of sp³-hybridized carbons (Fsp3) is 0.429. The summed E-state index contributed by atoms with van der Waals surface area (Å²) in [4.78, 5) is 22.1. The molecule has 0 spiro atoms. The number of rotatable bonds is 2. The molecule has 3 heterocycles. The number of carbonyl (C=O) groups is 1. The highest BCUT2D eigenvalue weighted by Gasteiger charge is 2.25. The van der Waals surface area contributed by atoms with Crippen molar-refractivity contribution in [2.75, 3.05) is 31.1 Å². The average molecular weight is 291 g/mol. The molecule has 5 nitrogen and oxygen atoms in total. The lowest BCUT2D eigenvalue weighted by Gasteiger charge is -2.34. The first-order valence-electron chi connectivity index (χ1n) is 6.67. The summed E-state index contributed by atoms with van der Waals surface area (Å²) in [5.74, 6) is 0.389. The van der Waals surface area contributed by atoms with Crippen molar-refractivity contribution in [2.24, 2.45) is 0 Å². The van der Waals surface area contributed by atoms with Crippen molar-refractivity contribution in [3.05, 3.63) is 34.7 Å². The van der Waals surface area contributed by atoms with Crippen LogP contribution in [-0.2, 0) is 0 Å². The molecule has 1 aliphatic heterocycles. The van der Waals surface area contributed by atoms with Crippen molar-refractivity contribution >= 4 is 22.4 Å². The summed E-state index contributed by atoms with van der Waals surface area (Å²) >= 11 is 1.72. The number of nitrogens with zero attached hydrogens (tertiary/aromatic N) is 3. The number of hydrogen-bond donors (Lipinski definition) is 0. The summed E-state index contributed by atoms with van der Waals surface area (Å²) in [6.07, 6.45) is 1.53. The van der Waals surface area contributed by atoms with Crippen molar-refractivity contribution in [3.63, 3.8) is 0 Å². The average Bonchev–Trinajstić information content (AvgIpc) is 3.09. The van der Waals surface area contributed by atoms with E-state index in [0.717, 1.165) is 23.9 Å². The first-order valence-corrected chi connectivity index (χ1v) is 7.48. The van der Waals surface area contributed by atoms with Crippen LogP contribution in [-0.4, -0.2) is 42.0 Å². The Labute approximate surface area is 121 Å². The zero-order valence-electron chi connectivity index (χ0n) is 11.6. The molecule has 0 atom stereocenters. The van der Waals surface area contributed by atoms with E-state index < -0.39 is 0 Å². The van der Waals surface area contributed by atoms with Gasteiger partial charge in [0.1, 0.15) is 0 Å². The lowest BCUT2D eigenvalue weighted by atomic mass is 10.3. The Balaban J connectivity index is 1.63. The third kappa shape index (κ3) is 2.43. The first kappa shape index (κ1) is 13.2. The maximum atomic E-state index is 12.2. The van der Waals surface area contributed by atoms with E-state index in [1.807, 2.05) is 11.8 Å². The zero-order chi connectivity index (χ0) is 14.1. The van der Waals surface area contributed by atoms with Crippen molar-refractivity contribution in [2.45, 2.75) is 13.8 Å². The SMILES string of the molecule is Cc1nc(N2CCN(C(=O)c3ccco3)CC2)sc1C. The van der Waals surface area contributed by atoms with E-state index in [2.05, 4.69) is 16.8 Å². The van der Waals surface area contributed by atoms with E-state index in [-0.39, 0.29) is 5.91 Å². The van der Waals surface area contributed by atoms with Crippen molar-refractivity contribution in [3.8, 4) is 0 Å². The maximum Gasteiger partial charge on any atom is 0.289 e. The topological polar surface area (TPSA) is 49.6 Å². The second-order valence-corrected chi connectivity index (χ2v) is 6.08.